The Balaban J connectivity index is 1.72. The Morgan fingerprint density at radius 1 is 1.29 bits per heavy atom. The maximum atomic E-state index is 12.1. The zero-order valence-electron chi connectivity index (χ0n) is 13.8. The molecule has 1 atom stereocenters. The first-order valence-electron chi connectivity index (χ1n) is 8.43. The van der Waals surface area contributed by atoms with E-state index in [-0.39, 0.29) is 18.4 Å². The highest BCUT2D eigenvalue weighted by molar-refractivity contribution is 7.98. The molecule has 0 bridgehead atoms. The van der Waals surface area contributed by atoms with Crippen LogP contribution >= 0.6 is 11.8 Å². The molecule has 1 saturated heterocycles. The van der Waals surface area contributed by atoms with E-state index < -0.39 is 5.97 Å². The summed E-state index contributed by atoms with van der Waals surface area (Å²) in [6.07, 6.45) is 5.01. The van der Waals surface area contributed by atoms with E-state index in [0.29, 0.717) is 12.2 Å². The number of aliphatic carboxylic acids is 1. The first kappa shape index (κ1) is 18.8. The number of carbonyl (C=O) groups excluding carboxylic acids is 1. The van der Waals surface area contributed by atoms with Crippen LogP contribution in [0.1, 0.15) is 44.1 Å². The van der Waals surface area contributed by atoms with Gasteiger partial charge in [0.2, 0.25) is 5.91 Å². The lowest BCUT2D eigenvalue weighted by Gasteiger charge is -2.22. The smallest absolute Gasteiger partial charge is 0.304 e. The molecule has 0 aliphatic carbocycles. The van der Waals surface area contributed by atoms with Crippen LogP contribution in [0.3, 0.4) is 0 Å². The van der Waals surface area contributed by atoms with E-state index in [0.717, 1.165) is 42.9 Å². The minimum atomic E-state index is -0.773. The third kappa shape index (κ3) is 7.36. The van der Waals surface area contributed by atoms with Crippen molar-refractivity contribution in [1.82, 2.24) is 0 Å². The third-order valence-corrected chi connectivity index (χ3v) is 4.94. The summed E-state index contributed by atoms with van der Waals surface area (Å²) in [5.74, 6) is 0.575. The van der Waals surface area contributed by atoms with E-state index in [1.54, 1.807) is 11.8 Å². The Bertz CT molecular complexity index is 544. The SMILES string of the molecule is O=C(O)CCSCc1cccc(NC(=O)CCC2CCCCO2)c1. The number of rotatable bonds is 9. The summed E-state index contributed by atoms with van der Waals surface area (Å²) in [5, 5.41) is 11.6. The molecule has 1 aromatic carbocycles. The lowest BCUT2D eigenvalue weighted by molar-refractivity contribution is -0.136. The average Bonchev–Trinajstić information content (AvgIpc) is 2.58. The number of thioether (sulfide) groups is 1. The zero-order chi connectivity index (χ0) is 17.2. The van der Waals surface area contributed by atoms with Crippen molar-refractivity contribution < 1.29 is 19.4 Å². The number of ether oxygens (including phenoxy) is 1. The van der Waals surface area contributed by atoms with Crippen LogP contribution in [0.4, 0.5) is 5.69 Å². The number of benzene rings is 1. The standard InChI is InChI=1S/C18H25NO4S/c20-17(8-7-16-6-1-2-10-23-16)19-15-5-3-4-14(12-15)13-24-11-9-18(21)22/h3-5,12,16H,1-2,6-11,13H2,(H,19,20)(H,21,22). The molecule has 1 heterocycles. The van der Waals surface area contributed by atoms with Crippen LogP contribution in [0, 0.1) is 0 Å². The van der Waals surface area contributed by atoms with E-state index in [2.05, 4.69) is 5.32 Å². The van der Waals surface area contributed by atoms with Gasteiger partial charge in [-0.15, -0.1) is 0 Å². The van der Waals surface area contributed by atoms with Gasteiger partial charge in [-0.1, -0.05) is 12.1 Å². The monoisotopic (exact) mass is 351 g/mol. The minimum Gasteiger partial charge on any atom is -0.481 e. The van der Waals surface area contributed by atoms with E-state index >= 15 is 0 Å². The van der Waals surface area contributed by atoms with Crippen LogP contribution in [0.5, 0.6) is 0 Å². The molecular weight excluding hydrogens is 326 g/mol. The second-order valence-electron chi connectivity index (χ2n) is 5.97. The van der Waals surface area contributed by atoms with E-state index in [1.165, 1.54) is 6.42 Å². The molecule has 5 nitrogen and oxygen atoms in total. The summed E-state index contributed by atoms with van der Waals surface area (Å²) in [4.78, 5) is 22.6. The molecule has 2 rings (SSSR count). The second kappa shape index (κ2) is 10.4. The molecular formula is C18H25NO4S. The van der Waals surface area contributed by atoms with Gasteiger partial charge in [0.05, 0.1) is 12.5 Å². The Hall–Kier alpha value is -1.53. The van der Waals surface area contributed by atoms with Crippen LogP contribution in [0.15, 0.2) is 24.3 Å². The number of hydrogen-bond donors (Lipinski definition) is 2. The number of carboxylic acids is 1. The molecule has 1 unspecified atom stereocenters. The lowest BCUT2D eigenvalue weighted by atomic mass is 10.0. The lowest BCUT2D eigenvalue weighted by Crippen LogP contribution is -2.21. The predicted molar refractivity (Wildman–Crippen MR) is 96.3 cm³/mol. The fourth-order valence-corrected chi connectivity index (χ4v) is 3.52. The van der Waals surface area contributed by atoms with Crippen LogP contribution in [-0.4, -0.2) is 35.4 Å². The highest BCUT2D eigenvalue weighted by Crippen LogP contribution is 2.19. The zero-order valence-corrected chi connectivity index (χ0v) is 14.6. The number of carboxylic acid groups (broad SMARTS) is 1. The molecule has 2 N–H and O–H groups in total. The van der Waals surface area contributed by atoms with Crippen LogP contribution in [-0.2, 0) is 20.1 Å². The van der Waals surface area contributed by atoms with Gasteiger partial charge in [-0.25, -0.2) is 0 Å². The Kier molecular flexibility index (Phi) is 8.12. The number of carbonyl (C=O) groups is 2. The van der Waals surface area contributed by atoms with Gasteiger partial charge in [0, 0.05) is 30.2 Å². The highest BCUT2D eigenvalue weighted by atomic mass is 32.2. The van der Waals surface area contributed by atoms with Gasteiger partial charge >= 0.3 is 5.97 Å². The minimum absolute atomic E-state index is 0.0138. The number of hydrogen-bond acceptors (Lipinski definition) is 4. The summed E-state index contributed by atoms with van der Waals surface area (Å²) in [6.45, 7) is 0.813. The van der Waals surface area contributed by atoms with Gasteiger partial charge in [0.15, 0.2) is 0 Å². The average molecular weight is 351 g/mol. The molecule has 1 fully saturated rings. The van der Waals surface area contributed by atoms with Gasteiger partial charge in [0.1, 0.15) is 0 Å². The molecule has 0 radical (unpaired) electrons. The second-order valence-corrected chi connectivity index (χ2v) is 7.08. The van der Waals surface area contributed by atoms with Gasteiger partial charge < -0.3 is 15.2 Å². The molecule has 0 aromatic heterocycles. The summed E-state index contributed by atoms with van der Waals surface area (Å²) < 4.78 is 5.64. The van der Waals surface area contributed by atoms with Crippen molar-refractivity contribution in [2.75, 3.05) is 17.7 Å². The Morgan fingerprint density at radius 3 is 2.92 bits per heavy atom. The van der Waals surface area contributed by atoms with E-state index in [1.807, 2.05) is 24.3 Å². The molecule has 132 valence electrons. The van der Waals surface area contributed by atoms with Crippen LogP contribution < -0.4 is 5.32 Å². The first-order valence-corrected chi connectivity index (χ1v) is 9.59. The van der Waals surface area contributed by atoms with E-state index in [4.69, 9.17) is 9.84 Å². The van der Waals surface area contributed by atoms with Crippen molar-refractivity contribution in [3.05, 3.63) is 29.8 Å². The fourth-order valence-electron chi connectivity index (χ4n) is 2.64. The largest absolute Gasteiger partial charge is 0.481 e. The van der Waals surface area contributed by atoms with Gasteiger partial charge in [-0.3, -0.25) is 9.59 Å². The summed E-state index contributed by atoms with van der Waals surface area (Å²) >= 11 is 1.58. The Labute approximate surface area is 147 Å². The van der Waals surface area contributed by atoms with Crippen molar-refractivity contribution in [3.8, 4) is 0 Å². The maximum absolute atomic E-state index is 12.1. The Morgan fingerprint density at radius 2 is 2.17 bits per heavy atom. The summed E-state index contributed by atoms with van der Waals surface area (Å²) in [6, 6.07) is 7.72. The molecule has 1 aromatic rings. The van der Waals surface area contributed by atoms with Gasteiger partial charge in [-0.2, -0.15) is 11.8 Å². The highest BCUT2D eigenvalue weighted by Gasteiger charge is 2.15. The number of nitrogens with one attached hydrogen (secondary N) is 1. The summed E-state index contributed by atoms with van der Waals surface area (Å²) in [5.41, 5.74) is 1.87. The molecule has 1 aliphatic rings. The molecule has 0 spiro atoms. The van der Waals surface area contributed by atoms with Crippen LogP contribution in [0.25, 0.3) is 0 Å². The third-order valence-electron chi connectivity index (χ3n) is 3.91. The summed E-state index contributed by atoms with van der Waals surface area (Å²) in [7, 11) is 0. The quantitative estimate of drug-likeness (QED) is 0.664. The van der Waals surface area contributed by atoms with Gasteiger partial charge in [0.25, 0.3) is 0 Å². The first-order chi connectivity index (χ1) is 11.6. The van der Waals surface area contributed by atoms with E-state index in [9.17, 15) is 9.59 Å². The topological polar surface area (TPSA) is 75.6 Å². The van der Waals surface area contributed by atoms with Crippen molar-refractivity contribution in [3.63, 3.8) is 0 Å². The molecule has 1 aliphatic heterocycles. The fraction of sp³-hybridized carbons (Fsp3) is 0.556. The van der Waals surface area contributed by atoms with Crippen molar-refractivity contribution in [2.24, 2.45) is 0 Å². The van der Waals surface area contributed by atoms with Crippen LogP contribution in [0.2, 0.25) is 0 Å². The van der Waals surface area contributed by atoms with Crippen molar-refractivity contribution in [1.29, 1.82) is 0 Å². The normalized spacial score (nSPS) is 17.4. The maximum Gasteiger partial charge on any atom is 0.304 e. The molecule has 0 saturated carbocycles. The molecule has 6 heteroatoms. The van der Waals surface area contributed by atoms with Crippen molar-refractivity contribution >= 4 is 29.3 Å². The molecule has 1 amide bonds. The number of amides is 1. The molecule has 24 heavy (non-hydrogen) atoms. The number of anilines is 1. The predicted octanol–water partition coefficient (Wildman–Crippen LogP) is 3.68. The van der Waals surface area contributed by atoms with Crippen molar-refractivity contribution in [2.45, 2.75) is 50.4 Å². The van der Waals surface area contributed by atoms with Gasteiger partial charge in [-0.05, 0) is 43.4 Å².